The van der Waals surface area contributed by atoms with Crippen molar-refractivity contribution in [3.05, 3.63) is 61.1 Å². The van der Waals surface area contributed by atoms with Gasteiger partial charge in [0.15, 0.2) is 0 Å². The van der Waals surface area contributed by atoms with Crippen LogP contribution in [0.1, 0.15) is 40.3 Å². The highest BCUT2D eigenvalue weighted by molar-refractivity contribution is 7.52. The third kappa shape index (κ3) is 5.69. The highest BCUT2D eigenvalue weighted by Gasteiger charge is 2.42. The zero-order chi connectivity index (χ0) is 28.4. The van der Waals surface area contributed by atoms with Crippen LogP contribution in [0, 0.1) is 5.92 Å². The van der Waals surface area contributed by atoms with Crippen LogP contribution >= 0.6 is 7.75 Å². The lowest BCUT2D eigenvalue weighted by Gasteiger charge is -2.28. The molecule has 6 atom stereocenters. The Bertz CT molecular complexity index is 1560. The highest BCUT2D eigenvalue weighted by atomic mass is 31.2. The Morgan fingerprint density at radius 3 is 2.75 bits per heavy atom. The third-order valence-electron chi connectivity index (χ3n) is 7.01. The smallest absolute Gasteiger partial charge is 0.459 e. The topological polar surface area (TPSA) is 140 Å². The lowest BCUT2D eigenvalue weighted by atomic mass is 10.0. The molecule has 0 amide bonds. The number of nitrogens with one attached hydrogen (secondary N) is 1. The van der Waals surface area contributed by atoms with E-state index in [1.54, 1.807) is 26.8 Å². The summed E-state index contributed by atoms with van der Waals surface area (Å²) in [5, 5.41) is 5.19. The van der Waals surface area contributed by atoms with Crippen LogP contribution in [-0.2, 0) is 23.4 Å². The maximum Gasteiger partial charge on any atom is 0.459 e. The molecule has 3 heterocycles. The van der Waals surface area contributed by atoms with Crippen LogP contribution in [0.2, 0.25) is 0 Å². The molecule has 3 N–H and O–H groups in total. The second-order valence-electron chi connectivity index (χ2n) is 9.98. The van der Waals surface area contributed by atoms with Crippen LogP contribution in [0.3, 0.4) is 0 Å². The summed E-state index contributed by atoms with van der Waals surface area (Å²) in [5.41, 5.74) is 6.69. The monoisotopic (exact) mass is 567 g/mol. The molecular weight excluding hydrogens is 533 g/mol. The molecule has 0 aliphatic carbocycles. The molecule has 40 heavy (non-hydrogen) atoms. The van der Waals surface area contributed by atoms with Gasteiger partial charge in [0.1, 0.15) is 35.8 Å². The molecular formula is C28H34N5O6P. The van der Waals surface area contributed by atoms with Crippen molar-refractivity contribution in [2.24, 2.45) is 5.92 Å². The summed E-state index contributed by atoms with van der Waals surface area (Å²) in [6.07, 6.45) is 2.52. The van der Waals surface area contributed by atoms with Crippen LogP contribution < -0.4 is 15.3 Å². The number of carbonyl (C=O) groups is 1. The van der Waals surface area contributed by atoms with Gasteiger partial charge in [-0.05, 0) is 44.7 Å². The van der Waals surface area contributed by atoms with E-state index >= 15 is 0 Å². The molecule has 12 heteroatoms. The molecule has 2 aromatic heterocycles. The number of hydrogen-bond acceptors (Lipinski definition) is 9. The zero-order valence-electron chi connectivity index (χ0n) is 22.9. The summed E-state index contributed by atoms with van der Waals surface area (Å²) < 4.78 is 39.9. The quantitative estimate of drug-likeness (QED) is 0.194. The number of carbonyl (C=O) groups excluding carboxylic acids is 1. The molecule has 2 aromatic carbocycles. The van der Waals surface area contributed by atoms with Gasteiger partial charge in [-0.25, -0.2) is 14.5 Å². The van der Waals surface area contributed by atoms with Crippen LogP contribution in [0.15, 0.2) is 61.1 Å². The number of ether oxygens (including phenoxy) is 2. The summed E-state index contributed by atoms with van der Waals surface area (Å²) in [5.74, 6) is 0.294. The Balaban J connectivity index is 1.39. The number of hydrogen-bond donors (Lipinski definition) is 2. The van der Waals surface area contributed by atoms with Crippen molar-refractivity contribution in [1.82, 2.24) is 19.6 Å². The molecule has 1 aliphatic rings. The zero-order valence-corrected chi connectivity index (χ0v) is 23.8. The van der Waals surface area contributed by atoms with Crippen molar-refractivity contribution >= 4 is 41.3 Å². The van der Waals surface area contributed by atoms with Crippen LogP contribution in [-0.4, -0.2) is 45.4 Å². The fourth-order valence-corrected chi connectivity index (χ4v) is 6.74. The standard InChI is InChI=1S/C28H34N5O6P/c1-5-36-28(34)18(3)32-40(35,39-23-12-8-10-20-9-6-7-11-21(20)23)38-19(4)24-15-17(2)27(37-24)33-14-13-22-25(29)30-16-31-26(22)33/h6-14,16-19,24,27H,5,15H2,1-4H3,(H,32,35)(H2,29,30,31). The highest BCUT2D eigenvalue weighted by Crippen LogP contribution is 2.50. The number of benzene rings is 2. The Kier molecular flexibility index (Phi) is 8.09. The van der Waals surface area contributed by atoms with Crippen molar-refractivity contribution in [3.63, 3.8) is 0 Å². The molecule has 1 aliphatic heterocycles. The van der Waals surface area contributed by atoms with Crippen molar-refractivity contribution in [2.75, 3.05) is 12.3 Å². The number of anilines is 1. The molecule has 11 nitrogen and oxygen atoms in total. The Morgan fingerprint density at radius 2 is 1.95 bits per heavy atom. The molecule has 0 spiro atoms. The van der Waals surface area contributed by atoms with Gasteiger partial charge in [0.05, 0.1) is 24.2 Å². The maximum atomic E-state index is 14.3. The summed E-state index contributed by atoms with van der Waals surface area (Å²) in [4.78, 5) is 20.9. The Hall–Kier alpha value is -3.50. The van der Waals surface area contributed by atoms with E-state index in [9.17, 15) is 9.36 Å². The molecule has 0 bridgehead atoms. The van der Waals surface area contributed by atoms with E-state index in [1.807, 2.05) is 53.2 Å². The number of fused-ring (bicyclic) bond motifs is 2. The van der Waals surface area contributed by atoms with E-state index in [0.717, 1.165) is 16.2 Å². The summed E-state index contributed by atoms with van der Waals surface area (Å²) in [7, 11) is -4.11. The first-order valence-electron chi connectivity index (χ1n) is 13.3. The van der Waals surface area contributed by atoms with Crippen molar-refractivity contribution < 1.29 is 27.9 Å². The molecule has 1 fully saturated rings. The maximum absolute atomic E-state index is 14.3. The van der Waals surface area contributed by atoms with Gasteiger partial charge in [-0.15, -0.1) is 0 Å². The number of rotatable bonds is 10. The van der Waals surface area contributed by atoms with E-state index in [1.165, 1.54) is 6.33 Å². The predicted molar refractivity (Wildman–Crippen MR) is 152 cm³/mol. The lowest BCUT2D eigenvalue weighted by molar-refractivity contribution is -0.144. The van der Waals surface area contributed by atoms with E-state index in [2.05, 4.69) is 22.0 Å². The van der Waals surface area contributed by atoms with Gasteiger partial charge < -0.3 is 24.3 Å². The minimum atomic E-state index is -4.11. The number of nitrogen functional groups attached to an aromatic ring is 1. The molecule has 4 aromatic rings. The van der Waals surface area contributed by atoms with Crippen LogP contribution in [0.25, 0.3) is 21.8 Å². The van der Waals surface area contributed by atoms with Gasteiger partial charge in [0, 0.05) is 17.5 Å². The molecule has 5 rings (SSSR count). The lowest BCUT2D eigenvalue weighted by Crippen LogP contribution is -2.37. The molecule has 0 radical (unpaired) electrons. The number of nitrogens with two attached hydrogens (primary N) is 1. The number of aromatic nitrogens is 3. The fraction of sp³-hybridized carbons (Fsp3) is 0.393. The van der Waals surface area contributed by atoms with Gasteiger partial charge in [0.25, 0.3) is 0 Å². The first-order chi connectivity index (χ1) is 19.2. The average Bonchev–Trinajstić information content (AvgIpc) is 3.53. The van der Waals surface area contributed by atoms with Crippen LogP contribution in [0.5, 0.6) is 5.75 Å². The van der Waals surface area contributed by atoms with E-state index < -0.39 is 32.0 Å². The van der Waals surface area contributed by atoms with Gasteiger partial charge in [-0.3, -0.25) is 9.32 Å². The molecule has 6 unspecified atom stereocenters. The third-order valence-corrected chi connectivity index (χ3v) is 8.76. The van der Waals surface area contributed by atoms with E-state index in [0.29, 0.717) is 23.6 Å². The minimum absolute atomic E-state index is 0.0904. The van der Waals surface area contributed by atoms with Crippen molar-refractivity contribution in [2.45, 2.75) is 58.6 Å². The second kappa shape index (κ2) is 11.5. The van der Waals surface area contributed by atoms with E-state index in [4.69, 9.17) is 24.3 Å². The summed E-state index contributed by atoms with van der Waals surface area (Å²) in [6, 6.07) is 14.0. The SMILES string of the molecule is CCOC(=O)C(C)NP(=O)(Oc1cccc2ccccc12)OC(C)C1CC(C)C(n2ccc3c(N)ncnc32)O1. The number of esters is 1. The number of nitrogens with zero attached hydrogens (tertiary/aromatic N) is 3. The van der Waals surface area contributed by atoms with Crippen LogP contribution in [0.4, 0.5) is 5.82 Å². The second-order valence-corrected chi connectivity index (χ2v) is 11.6. The average molecular weight is 568 g/mol. The van der Waals surface area contributed by atoms with Gasteiger partial charge in [0.2, 0.25) is 0 Å². The molecule has 212 valence electrons. The summed E-state index contributed by atoms with van der Waals surface area (Å²) >= 11 is 0. The normalized spacial score (nSPS) is 22.1. The summed E-state index contributed by atoms with van der Waals surface area (Å²) in [6.45, 7) is 7.31. The minimum Gasteiger partial charge on any atom is -0.465 e. The first-order valence-corrected chi connectivity index (χ1v) is 14.9. The fourth-order valence-electron chi connectivity index (χ4n) is 5.02. The Labute approximate surface area is 232 Å². The predicted octanol–water partition coefficient (Wildman–Crippen LogP) is 5.22. The molecule has 1 saturated heterocycles. The Morgan fingerprint density at radius 1 is 1.18 bits per heavy atom. The van der Waals surface area contributed by atoms with Gasteiger partial charge in [-0.2, -0.15) is 5.09 Å². The largest absolute Gasteiger partial charge is 0.465 e. The molecule has 0 saturated carbocycles. The van der Waals surface area contributed by atoms with Gasteiger partial charge in [-0.1, -0.05) is 43.3 Å². The van der Waals surface area contributed by atoms with Crippen molar-refractivity contribution in [1.29, 1.82) is 0 Å². The first kappa shape index (κ1) is 28.0. The van der Waals surface area contributed by atoms with E-state index in [-0.39, 0.29) is 18.8 Å². The van der Waals surface area contributed by atoms with Gasteiger partial charge >= 0.3 is 13.7 Å². The van der Waals surface area contributed by atoms with Crippen molar-refractivity contribution in [3.8, 4) is 5.75 Å².